The summed E-state index contributed by atoms with van der Waals surface area (Å²) in [4.78, 5) is 2.07. The third-order valence-corrected chi connectivity index (χ3v) is 6.73. The van der Waals surface area contributed by atoms with Crippen LogP contribution in [0, 0.1) is 13.8 Å². The number of aliphatic hydroxyl groups is 1. The van der Waals surface area contributed by atoms with E-state index in [9.17, 15) is 13.5 Å². The fourth-order valence-corrected chi connectivity index (χ4v) is 4.55. The van der Waals surface area contributed by atoms with Crippen LogP contribution in [0.2, 0.25) is 0 Å². The number of aliphatic hydroxyl groups excluding tert-OH is 1. The topological polar surface area (TPSA) is 70.1 Å². The maximum Gasteiger partial charge on any atom is 0.236 e. The second kappa shape index (κ2) is 10.2. The second-order valence-electron chi connectivity index (χ2n) is 7.69. The lowest BCUT2D eigenvalue weighted by Gasteiger charge is -2.34. The Morgan fingerprint density at radius 2 is 1.77 bits per heavy atom. The van der Waals surface area contributed by atoms with Crippen molar-refractivity contribution >= 4 is 16.1 Å². The number of aryl methyl sites for hydroxylation is 2. The van der Waals surface area contributed by atoms with Gasteiger partial charge in [0, 0.05) is 38.1 Å². The molecule has 3 rings (SSSR count). The van der Waals surface area contributed by atoms with Crippen LogP contribution in [-0.4, -0.2) is 68.2 Å². The van der Waals surface area contributed by atoms with Gasteiger partial charge in [-0.15, -0.1) is 0 Å². The van der Waals surface area contributed by atoms with E-state index in [0.29, 0.717) is 32.7 Å². The molecule has 0 bridgehead atoms. The molecule has 0 radical (unpaired) electrons. The van der Waals surface area contributed by atoms with Crippen LogP contribution >= 0.6 is 0 Å². The number of hydrogen-bond donors (Lipinski definition) is 1. The van der Waals surface area contributed by atoms with Gasteiger partial charge in [-0.25, -0.2) is 8.42 Å². The van der Waals surface area contributed by atoms with Crippen molar-refractivity contribution in [1.29, 1.82) is 0 Å². The van der Waals surface area contributed by atoms with Crippen molar-refractivity contribution in [2.24, 2.45) is 0 Å². The highest BCUT2D eigenvalue weighted by atomic mass is 32.2. The fraction of sp³-hybridized carbons (Fsp3) is 0.391. The highest BCUT2D eigenvalue weighted by Gasteiger charge is 2.26. The van der Waals surface area contributed by atoms with Gasteiger partial charge < -0.3 is 9.84 Å². The molecule has 0 aromatic heterocycles. The van der Waals surface area contributed by atoms with Gasteiger partial charge in [-0.3, -0.25) is 4.90 Å². The number of rotatable bonds is 8. The van der Waals surface area contributed by atoms with E-state index in [4.69, 9.17) is 4.74 Å². The van der Waals surface area contributed by atoms with E-state index >= 15 is 0 Å². The van der Waals surface area contributed by atoms with Gasteiger partial charge in [-0.05, 0) is 42.7 Å². The van der Waals surface area contributed by atoms with Crippen molar-refractivity contribution in [3.8, 4) is 5.75 Å². The quantitative estimate of drug-likeness (QED) is 0.697. The summed E-state index contributed by atoms with van der Waals surface area (Å²) in [6, 6.07) is 15.4. The third-order valence-electron chi connectivity index (χ3n) is 5.17. The number of sulfonamides is 1. The van der Waals surface area contributed by atoms with Crippen molar-refractivity contribution in [3.63, 3.8) is 0 Å². The van der Waals surface area contributed by atoms with Crippen LogP contribution in [0.25, 0.3) is 6.08 Å². The lowest BCUT2D eigenvalue weighted by Crippen LogP contribution is -2.50. The predicted molar refractivity (Wildman–Crippen MR) is 120 cm³/mol. The number of nitrogens with zero attached hydrogens (tertiary/aromatic N) is 2. The molecule has 2 aromatic rings. The molecule has 6 nitrogen and oxygen atoms in total. The van der Waals surface area contributed by atoms with Gasteiger partial charge in [0.15, 0.2) is 0 Å². The van der Waals surface area contributed by atoms with E-state index in [0.717, 1.165) is 22.4 Å². The Hall–Kier alpha value is -2.19. The highest BCUT2D eigenvalue weighted by Crippen LogP contribution is 2.19. The molecule has 30 heavy (non-hydrogen) atoms. The maximum absolute atomic E-state index is 12.6. The van der Waals surface area contributed by atoms with Gasteiger partial charge in [0.2, 0.25) is 10.0 Å². The molecule has 0 spiro atoms. The monoisotopic (exact) mass is 430 g/mol. The lowest BCUT2D eigenvalue weighted by atomic mass is 10.1. The Morgan fingerprint density at radius 1 is 1.07 bits per heavy atom. The highest BCUT2D eigenvalue weighted by molar-refractivity contribution is 7.92. The zero-order valence-electron chi connectivity index (χ0n) is 17.6. The van der Waals surface area contributed by atoms with Crippen molar-refractivity contribution in [3.05, 3.63) is 70.6 Å². The summed E-state index contributed by atoms with van der Waals surface area (Å²) in [5, 5.41) is 11.6. The summed E-state index contributed by atoms with van der Waals surface area (Å²) in [6.45, 7) is 6.63. The Kier molecular flexibility index (Phi) is 7.66. The maximum atomic E-state index is 12.6. The summed E-state index contributed by atoms with van der Waals surface area (Å²) in [5.74, 6) is 0.787. The second-order valence-corrected chi connectivity index (χ2v) is 9.51. The van der Waals surface area contributed by atoms with Crippen molar-refractivity contribution < 1.29 is 18.3 Å². The van der Waals surface area contributed by atoms with Crippen molar-refractivity contribution in [2.45, 2.75) is 20.0 Å². The summed E-state index contributed by atoms with van der Waals surface area (Å²) in [5.41, 5.74) is 3.01. The first-order chi connectivity index (χ1) is 14.3. The summed E-state index contributed by atoms with van der Waals surface area (Å²) in [6.07, 6.45) is 0.988. The minimum atomic E-state index is -3.45. The van der Waals surface area contributed by atoms with E-state index in [1.54, 1.807) is 6.08 Å². The number of ether oxygens (including phenoxy) is 1. The predicted octanol–water partition coefficient (Wildman–Crippen LogP) is 2.66. The molecule has 1 aliphatic heterocycles. The zero-order valence-corrected chi connectivity index (χ0v) is 18.4. The van der Waals surface area contributed by atoms with Crippen LogP contribution < -0.4 is 4.74 Å². The standard InChI is InChI=1S/C23H30N2O4S/c1-19-8-9-20(2)23(16-19)29-18-22(26)17-24-11-13-25(14-12-24)30(27,28)15-10-21-6-4-3-5-7-21/h3-10,15-16,22,26H,11-14,17-18H2,1-2H3/b15-10+/t22-/m1/s1. The van der Waals surface area contributed by atoms with E-state index in [-0.39, 0.29) is 6.61 Å². The molecule has 0 aliphatic carbocycles. The van der Waals surface area contributed by atoms with Crippen LogP contribution in [0.5, 0.6) is 5.75 Å². The van der Waals surface area contributed by atoms with Crippen LogP contribution in [0.15, 0.2) is 53.9 Å². The van der Waals surface area contributed by atoms with Crippen molar-refractivity contribution in [1.82, 2.24) is 9.21 Å². The van der Waals surface area contributed by atoms with Gasteiger partial charge in [0.05, 0.1) is 0 Å². The molecule has 1 fully saturated rings. The number of hydrogen-bond acceptors (Lipinski definition) is 5. The molecule has 7 heteroatoms. The Labute approximate surface area is 179 Å². The molecule has 162 valence electrons. The van der Waals surface area contributed by atoms with E-state index in [1.807, 2.05) is 62.4 Å². The van der Waals surface area contributed by atoms with E-state index < -0.39 is 16.1 Å². The summed E-state index contributed by atoms with van der Waals surface area (Å²) < 4.78 is 32.4. The Balaban J connectivity index is 1.45. The molecule has 0 unspecified atom stereocenters. The van der Waals surface area contributed by atoms with Gasteiger partial charge in [0.1, 0.15) is 18.5 Å². The van der Waals surface area contributed by atoms with Crippen LogP contribution in [0.3, 0.4) is 0 Å². The normalized spacial score (nSPS) is 17.3. The first-order valence-electron chi connectivity index (χ1n) is 10.2. The largest absolute Gasteiger partial charge is 0.491 e. The van der Waals surface area contributed by atoms with Crippen LogP contribution in [0.4, 0.5) is 0 Å². The zero-order chi connectivity index (χ0) is 21.6. The molecule has 1 aliphatic rings. The first-order valence-corrected chi connectivity index (χ1v) is 11.7. The Bertz CT molecular complexity index is 952. The lowest BCUT2D eigenvalue weighted by molar-refractivity contribution is 0.0568. The molecule has 2 aromatic carbocycles. The first kappa shape index (κ1) is 22.5. The minimum absolute atomic E-state index is 0.211. The summed E-state index contributed by atoms with van der Waals surface area (Å²) in [7, 11) is -3.45. The molecule has 1 N–H and O–H groups in total. The Morgan fingerprint density at radius 3 is 2.47 bits per heavy atom. The van der Waals surface area contributed by atoms with Gasteiger partial charge in [-0.1, -0.05) is 42.5 Å². The van der Waals surface area contributed by atoms with Gasteiger partial charge in [-0.2, -0.15) is 4.31 Å². The van der Waals surface area contributed by atoms with Gasteiger partial charge >= 0.3 is 0 Å². The average molecular weight is 431 g/mol. The number of piperazine rings is 1. The molecule has 1 atom stereocenters. The molecular weight excluding hydrogens is 400 g/mol. The number of benzene rings is 2. The van der Waals surface area contributed by atoms with Gasteiger partial charge in [0.25, 0.3) is 0 Å². The molecule has 1 saturated heterocycles. The average Bonchev–Trinajstić information content (AvgIpc) is 2.74. The number of β-amino-alcohol motifs (C(OH)–C–C–N with tert-alkyl or cyclic N) is 1. The van der Waals surface area contributed by atoms with Crippen molar-refractivity contribution in [2.75, 3.05) is 39.3 Å². The molecule has 0 saturated carbocycles. The fourth-order valence-electron chi connectivity index (χ4n) is 3.38. The van der Waals surface area contributed by atoms with E-state index in [2.05, 4.69) is 4.90 Å². The molecule has 0 amide bonds. The van der Waals surface area contributed by atoms with E-state index in [1.165, 1.54) is 9.71 Å². The van der Waals surface area contributed by atoms with Crippen LogP contribution in [-0.2, 0) is 10.0 Å². The SMILES string of the molecule is Cc1ccc(C)c(OC[C@H](O)CN2CCN(S(=O)(=O)/C=C/c3ccccc3)CC2)c1. The molecule has 1 heterocycles. The minimum Gasteiger partial charge on any atom is -0.491 e. The third kappa shape index (κ3) is 6.40. The van der Waals surface area contributed by atoms with Crippen LogP contribution in [0.1, 0.15) is 16.7 Å². The smallest absolute Gasteiger partial charge is 0.236 e. The molecular formula is C23H30N2O4S. The summed E-state index contributed by atoms with van der Waals surface area (Å²) >= 11 is 0.